The molecule has 0 radical (unpaired) electrons. The molecule has 0 heterocycles. The van der Waals surface area contributed by atoms with Gasteiger partial charge in [-0.05, 0) is 11.7 Å². The molecule has 0 fully saturated rings. The Hall–Kier alpha value is -0.220. The van der Waals surface area contributed by atoms with E-state index in [1.54, 1.807) is 0 Å². The Balaban J connectivity index is 3.83. The van der Waals surface area contributed by atoms with Gasteiger partial charge in [0.15, 0.2) is 0 Å². The van der Waals surface area contributed by atoms with E-state index >= 15 is 0 Å². The molecule has 3 atom stereocenters. The van der Waals surface area contributed by atoms with Gasteiger partial charge in [0.25, 0.3) is 0 Å². The number of amides is 1. The van der Waals surface area contributed by atoms with E-state index < -0.39 is 0 Å². The third-order valence-corrected chi connectivity index (χ3v) is 4.30. The standard InChI is InChI=1S/C10H22N2OS/c1-5-7(2)6-14-9(4)8(3)10(13)12-11/h7-9H,5-6,11H2,1-4H3,(H,12,13). The zero-order valence-electron chi connectivity index (χ0n) is 9.54. The first-order chi connectivity index (χ1) is 6.52. The van der Waals surface area contributed by atoms with Crippen molar-refractivity contribution in [1.82, 2.24) is 5.43 Å². The summed E-state index contributed by atoms with van der Waals surface area (Å²) in [5.41, 5.74) is 2.19. The molecule has 3 unspecified atom stereocenters. The van der Waals surface area contributed by atoms with Crippen LogP contribution in [0.25, 0.3) is 0 Å². The van der Waals surface area contributed by atoms with Crippen molar-refractivity contribution >= 4 is 17.7 Å². The number of rotatable bonds is 6. The van der Waals surface area contributed by atoms with Crippen molar-refractivity contribution < 1.29 is 4.79 Å². The van der Waals surface area contributed by atoms with Gasteiger partial charge in [0.05, 0.1) is 0 Å². The highest BCUT2D eigenvalue weighted by molar-refractivity contribution is 7.99. The van der Waals surface area contributed by atoms with Gasteiger partial charge in [0, 0.05) is 11.2 Å². The molecule has 0 aromatic rings. The Morgan fingerprint density at radius 2 is 2.00 bits per heavy atom. The maximum absolute atomic E-state index is 11.2. The molecule has 84 valence electrons. The summed E-state index contributed by atoms with van der Waals surface area (Å²) in [4.78, 5) is 11.2. The van der Waals surface area contributed by atoms with Crippen molar-refractivity contribution in [2.75, 3.05) is 5.75 Å². The number of thioether (sulfide) groups is 1. The van der Waals surface area contributed by atoms with Gasteiger partial charge in [-0.15, -0.1) is 0 Å². The number of hydrogen-bond acceptors (Lipinski definition) is 3. The number of hydrogen-bond donors (Lipinski definition) is 2. The second-order valence-corrected chi connectivity index (χ2v) is 5.26. The van der Waals surface area contributed by atoms with Gasteiger partial charge >= 0.3 is 0 Å². The fourth-order valence-corrected chi connectivity index (χ4v) is 2.20. The molecule has 14 heavy (non-hydrogen) atoms. The van der Waals surface area contributed by atoms with E-state index in [1.165, 1.54) is 6.42 Å². The van der Waals surface area contributed by atoms with Crippen molar-refractivity contribution in [3.63, 3.8) is 0 Å². The van der Waals surface area contributed by atoms with Crippen LogP contribution < -0.4 is 11.3 Å². The molecule has 4 heteroatoms. The average molecular weight is 218 g/mol. The minimum atomic E-state index is -0.0749. The predicted octanol–water partition coefficient (Wildman–Crippen LogP) is 1.78. The van der Waals surface area contributed by atoms with E-state index in [1.807, 2.05) is 18.7 Å². The van der Waals surface area contributed by atoms with Crippen LogP contribution in [0.2, 0.25) is 0 Å². The fraction of sp³-hybridized carbons (Fsp3) is 0.900. The molecule has 0 rings (SSSR count). The minimum absolute atomic E-state index is 0.0194. The Morgan fingerprint density at radius 3 is 2.43 bits per heavy atom. The summed E-state index contributed by atoms with van der Waals surface area (Å²) < 4.78 is 0. The highest BCUT2D eigenvalue weighted by atomic mass is 32.2. The van der Waals surface area contributed by atoms with Gasteiger partial charge in [0.2, 0.25) is 5.91 Å². The molecule has 0 saturated carbocycles. The van der Waals surface area contributed by atoms with Crippen LogP contribution in [-0.4, -0.2) is 16.9 Å². The van der Waals surface area contributed by atoms with Gasteiger partial charge in [0.1, 0.15) is 0 Å². The summed E-state index contributed by atoms with van der Waals surface area (Å²) in [6, 6.07) is 0. The summed E-state index contributed by atoms with van der Waals surface area (Å²) in [6.45, 7) is 8.41. The van der Waals surface area contributed by atoms with Crippen LogP contribution >= 0.6 is 11.8 Å². The lowest BCUT2D eigenvalue weighted by Gasteiger charge is -2.19. The quantitative estimate of drug-likeness (QED) is 0.406. The van der Waals surface area contributed by atoms with E-state index in [0.717, 1.165) is 11.7 Å². The summed E-state index contributed by atoms with van der Waals surface area (Å²) in [6.07, 6.45) is 1.19. The number of carbonyl (C=O) groups is 1. The third-order valence-electron chi connectivity index (χ3n) is 2.60. The van der Waals surface area contributed by atoms with E-state index in [9.17, 15) is 4.79 Å². The van der Waals surface area contributed by atoms with Crippen LogP contribution in [0, 0.1) is 11.8 Å². The Kier molecular flexibility index (Phi) is 7.01. The summed E-state index contributed by atoms with van der Waals surface area (Å²) >= 11 is 1.84. The Morgan fingerprint density at radius 1 is 1.43 bits per heavy atom. The van der Waals surface area contributed by atoms with E-state index in [2.05, 4.69) is 26.2 Å². The second kappa shape index (κ2) is 7.12. The number of nitrogens with two attached hydrogens (primary N) is 1. The smallest absolute Gasteiger partial charge is 0.237 e. The molecule has 1 amide bonds. The lowest BCUT2D eigenvalue weighted by atomic mass is 10.1. The average Bonchev–Trinajstić information content (AvgIpc) is 2.22. The van der Waals surface area contributed by atoms with Gasteiger partial charge in [-0.3, -0.25) is 10.2 Å². The molecule has 0 spiro atoms. The molecule has 3 N–H and O–H groups in total. The highest BCUT2D eigenvalue weighted by Gasteiger charge is 2.19. The zero-order chi connectivity index (χ0) is 11.1. The van der Waals surface area contributed by atoms with Crippen LogP contribution in [0.3, 0.4) is 0 Å². The second-order valence-electron chi connectivity index (χ2n) is 3.85. The first kappa shape index (κ1) is 13.8. The minimum Gasteiger partial charge on any atom is -0.294 e. The molecule has 3 nitrogen and oxygen atoms in total. The summed E-state index contributed by atoms with van der Waals surface area (Å²) in [7, 11) is 0. The van der Waals surface area contributed by atoms with Crippen LogP contribution in [-0.2, 0) is 4.79 Å². The summed E-state index contributed by atoms with van der Waals surface area (Å²) in [5.74, 6) is 6.82. The molecular formula is C10H22N2OS. The predicted molar refractivity (Wildman–Crippen MR) is 62.9 cm³/mol. The lowest BCUT2D eigenvalue weighted by Crippen LogP contribution is -2.38. The van der Waals surface area contributed by atoms with Gasteiger partial charge in [-0.2, -0.15) is 11.8 Å². The fourth-order valence-electron chi connectivity index (χ4n) is 0.923. The zero-order valence-corrected chi connectivity index (χ0v) is 10.4. The molecule has 0 bridgehead atoms. The molecule has 0 aromatic carbocycles. The van der Waals surface area contributed by atoms with Crippen LogP contribution in [0.1, 0.15) is 34.1 Å². The number of carbonyl (C=O) groups excluding carboxylic acids is 1. The Labute approximate surface area is 91.2 Å². The largest absolute Gasteiger partial charge is 0.294 e. The molecule has 0 aliphatic rings. The van der Waals surface area contributed by atoms with E-state index in [4.69, 9.17) is 5.84 Å². The first-order valence-electron chi connectivity index (χ1n) is 5.14. The normalized spacial score (nSPS) is 17.2. The van der Waals surface area contributed by atoms with E-state index in [0.29, 0.717) is 5.25 Å². The third kappa shape index (κ3) is 4.86. The van der Waals surface area contributed by atoms with Crippen molar-refractivity contribution in [2.45, 2.75) is 39.4 Å². The molecular weight excluding hydrogens is 196 g/mol. The highest BCUT2D eigenvalue weighted by Crippen LogP contribution is 2.22. The lowest BCUT2D eigenvalue weighted by molar-refractivity contribution is -0.124. The van der Waals surface area contributed by atoms with Crippen LogP contribution in [0.15, 0.2) is 0 Å². The molecule has 0 saturated heterocycles. The molecule has 0 aromatic heterocycles. The summed E-state index contributed by atoms with van der Waals surface area (Å²) in [5, 5.41) is 0.326. The van der Waals surface area contributed by atoms with Crippen molar-refractivity contribution in [3.05, 3.63) is 0 Å². The van der Waals surface area contributed by atoms with Crippen molar-refractivity contribution in [2.24, 2.45) is 17.7 Å². The van der Waals surface area contributed by atoms with Gasteiger partial charge in [-0.1, -0.05) is 34.1 Å². The monoisotopic (exact) mass is 218 g/mol. The van der Waals surface area contributed by atoms with Crippen molar-refractivity contribution in [3.8, 4) is 0 Å². The van der Waals surface area contributed by atoms with Crippen LogP contribution in [0.4, 0.5) is 0 Å². The number of hydrazine groups is 1. The maximum atomic E-state index is 11.2. The SMILES string of the molecule is CCC(C)CSC(C)C(C)C(=O)NN. The topological polar surface area (TPSA) is 55.1 Å². The van der Waals surface area contributed by atoms with Gasteiger partial charge in [-0.25, -0.2) is 5.84 Å². The maximum Gasteiger partial charge on any atom is 0.237 e. The molecule has 0 aliphatic carbocycles. The van der Waals surface area contributed by atoms with Gasteiger partial charge < -0.3 is 0 Å². The molecule has 0 aliphatic heterocycles. The van der Waals surface area contributed by atoms with Crippen molar-refractivity contribution in [1.29, 1.82) is 0 Å². The number of nitrogens with one attached hydrogen (secondary N) is 1. The van der Waals surface area contributed by atoms with E-state index in [-0.39, 0.29) is 11.8 Å². The van der Waals surface area contributed by atoms with Crippen LogP contribution in [0.5, 0.6) is 0 Å². The Bertz CT molecular complexity index is 176. The first-order valence-corrected chi connectivity index (χ1v) is 6.19.